The molecule has 0 unspecified atom stereocenters. The Hall–Kier alpha value is -3.49. The van der Waals surface area contributed by atoms with Gasteiger partial charge < -0.3 is 20.3 Å². The van der Waals surface area contributed by atoms with Gasteiger partial charge in [0.15, 0.2) is 0 Å². The summed E-state index contributed by atoms with van der Waals surface area (Å²) in [6.07, 6.45) is 0. The lowest BCUT2D eigenvalue weighted by molar-refractivity contribution is -0.118. The minimum Gasteiger partial charge on any atom is -0.478 e. The van der Waals surface area contributed by atoms with Gasteiger partial charge in [-0.25, -0.2) is 9.18 Å². The fraction of sp³-hybridized carbons (Fsp3) is 0.333. The van der Waals surface area contributed by atoms with Crippen LogP contribution in [0.2, 0.25) is 0 Å². The standard InChI is InChI=1S/C21H24FN3O5/c1-10-15(18(27)23-12-7-8-14(22)13(9-12)20(29)30)11(2)25(6)16(10)17(26)19(28)24-21(3,4)5/h7-9H,1-6H3,(H,23,27)(H,24,28)(H,29,30). The van der Waals surface area contributed by atoms with Gasteiger partial charge in [0.1, 0.15) is 5.82 Å². The number of aromatic nitrogens is 1. The molecule has 0 aliphatic heterocycles. The summed E-state index contributed by atoms with van der Waals surface area (Å²) in [5.74, 6) is -4.57. The van der Waals surface area contributed by atoms with Crippen molar-refractivity contribution in [3.63, 3.8) is 0 Å². The number of nitrogens with zero attached hydrogens (tertiary/aromatic N) is 1. The molecule has 160 valence electrons. The molecular formula is C21H24FN3O5. The number of aromatic carboxylic acids is 1. The Morgan fingerprint density at radius 3 is 2.23 bits per heavy atom. The molecule has 0 aliphatic rings. The first-order valence-corrected chi connectivity index (χ1v) is 9.11. The van der Waals surface area contributed by atoms with Crippen molar-refractivity contribution in [2.75, 3.05) is 5.32 Å². The molecule has 2 amide bonds. The Labute approximate surface area is 173 Å². The van der Waals surface area contributed by atoms with Crippen LogP contribution in [0.5, 0.6) is 0 Å². The highest BCUT2D eigenvalue weighted by atomic mass is 19.1. The van der Waals surface area contributed by atoms with Gasteiger partial charge in [0.25, 0.3) is 17.6 Å². The lowest BCUT2D eigenvalue weighted by Crippen LogP contribution is -2.44. The van der Waals surface area contributed by atoms with Crippen LogP contribution in [-0.2, 0) is 11.8 Å². The third-order valence-electron chi connectivity index (χ3n) is 4.52. The first-order valence-electron chi connectivity index (χ1n) is 9.11. The third-order valence-corrected chi connectivity index (χ3v) is 4.52. The van der Waals surface area contributed by atoms with Gasteiger partial charge in [0.05, 0.1) is 16.8 Å². The van der Waals surface area contributed by atoms with Gasteiger partial charge in [0.2, 0.25) is 0 Å². The third kappa shape index (κ3) is 4.56. The van der Waals surface area contributed by atoms with Gasteiger partial charge in [-0.15, -0.1) is 0 Å². The minimum atomic E-state index is -1.46. The highest BCUT2D eigenvalue weighted by Gasteiger charge is 2.30. The van der Waals surface area contributed by atoms with Crippen molar-refractivity contribution in [1.82, 2.24) is 9.88 Å². The highest BCUT2D eigenvalue weighted by molar-refractivity contribution is 6.43. The largest absolute Gasteiger partial charge is 0.478 e. The second-order valence-electron chi connectivity index (χ2n) is 7.98. The van der Waals surface area contributed by atoms with Gasteiger partial charge in [-0.1, -0.05) is 0 Å². The number of rotatable bonds is 5. The summed E-state index contributed by atoms with van der Waals surface area (Å²) < 4.78 is 15.0. The van der Waals surface area contributed by atoms with Crippen LogP contribution in [0.15, 0.2) is 18.2 Å². The number of carboxylic acids is 1. The van der Waals surface area contributed by atoms with E-state index >= 15 is 0 Å². The van der Waals surface area contributed by atoms with Gasteiger partial charge in [-0.3, -0.25) is 14.4 Å². The van der Waals surface area contributed by atoms with Crippen molar-refractivity contribution in [3.8, 4) is 0 Å². The predicted molar refractivity (Wildman–Crippen MR) is 108 cm³/mol. The van der Waals surface area contributed by atoms with E-state index in [0.29, 0.717) is 11.3 Å². The Bertz CT molecular complexity index is 1060. The molecule has 1 heterocycles. The van der Waals surface area contributed by atoms with Crippen molar-refractivity contribution in [1.29, 1.82) is 0 Å². The molecule has 0 saturated heterocycles. The van der Waals surface area contributed by atoms with Gasteiger partial charge in [0, 0.05) is 24.0 Å². The van der Waals surface area contributed by atoms with Gasteiger partial charge >= 0.3 is 5.97 Å². The van der Waals surface area contributed by atoms with E-state index < -0.39 is 40.5 Å². The average molecular weight is 417 g/mol. The molecule has 1 aromatic carbocycles. The number of carbonyl (C=O) groups excluding carboxylic acids is 3. The van der Waals surface area contributed by atoms with Gasteiger partial charge in [-0.2, -0.15) is 0 Å². The van der Waals surface area contributed by atoms with Crippen LogP contribution in [0, 0.1) is 19.7 Å². The Morgan fingerprint density at radius 1 is 1.10 bits per heavy atom. The van der Waals surface area contributed by atoms with E-state index in [9.17, 15) is 23.6 Å². The normalized spacial score (nSPS) is 11.2. The number of hydrogen-bond donors (Lipinski definition) is 3. The SMILES string of the molecule is Cc1c(C(=O)Nc2ccc(F)c(C(=O)O)c2)c(C)n(C)c1C(=O)C(=O)NC(C)(C)C. The molecule has 0 fully saturated rings. The summed E-state index contributed by atoms with van der Waals surface area (Å²) in [6.45, 7) is 8.40. The molecule has 0 aliphatic carbocycles. The maximum atomic E-state index is 13.6. The lowest BCUT2D eigenvalue weighted by atomic mass is 10.1. The van der Waals surface area contributed by atoms with E-state index in [1.807, 2.05) is 0 Å². The second kappa shape index (κ2) is 8.10. The number of nitrogens with one attached hydrogen (secondary N) is 2. The molecule has 0 saturated carbocycles. The molecule has 30 heavy (non-hydrogen) atoms. The molecular weight excluding hydrogens is 393 g/mol. The first kappa shape index (κ1) is 22.8. The Morgan fingerprint density at radius 2 is 1.70 bits per heavy atom. The molecule has 9 heteroatoms. The van der Waals surface area contributed by atoms with Crippen molar-refractivity contribution < 1.29 is 28.7 Å². The molecule has 0 bridgehead atoms. The maximum Gasteiger partial charge on any atom is 0.338 e. The van der Waals surface area contributed by atoms with Crippen molar-refractivity contribution in [3.05, 3.63) is 52.1 Å². The number of carbonyl (C=O) groups is 4. The van der Waals surface area contributed by atoms with Crippen LogP contribution in [0.25, 0.3) is 0 Å². The number of ketones is 1. The fourth-order valence-electron chi connectivity index (χ4n) is 3.10. The Kier molecular flexibility index (Phi) is 6.15. The highest BCUT2D eigenvalue weighted by Crippen LogP contribution is 2.24. The molecule has 0 radical (unpaired) electrons. The molecule has 0 spiro atoms. The summed E-state index contributed by atoms with van der Waals surface area (Å²) in [5, 5.41) is 14.1. The first-order chi connectivity index (χ1) is 13.7. The van der Waals surface area contributed by atoms with E-state index in [4.69, 9.17) is 5.11 Å². The molecule has 3 N–H and O–H groups in total. The number of hydrogen-bond acceptors (Lipinski definition) is 4. The van der Waals surface area contributed by atoms with E-state index in [1.165, 1.54) is 10.6 Å². The molecule has 0 atom stereocenters. The van der Waals surface area contributed by atoms with E-state index in [-0.39, 0.29) is 16.9 Å². The smallest absolute Gasteiger partial charge is 0.338 e. The average Bonchev–Trinajstić information content (AvgIpc) is 2.83. The molecule has 2 rings (SSSR count). The summed E-state index contributed by atoms with van der Waals surface area (Å²) >= 11 is 0. The Balaban J connectivity index is 2.40. The van der Waals surface area contributed by atoms with Crippen LogP contribution in [0.1, 0.15) is 63.2 Å². The fourth-order valence-corrected chi connectivity index (χ4v) is 3.10. The summed E-state index contributed by atoms with van der Waals surface area (Å²) in [6, 6.07) is 3.18. The summed E-state index contributed by atoms with van der Waals surface area (Å²) in [4.78, 5) is 48.9. The number of Topliss-reactive ketones (excluding diaryl/α,β-unsaturated/α-hetero) is 1. The lowest BCUT2D eigenvalue weighted by Gasteiger charge is -2.20. The van der Waals surface area contributed by atoms with E-state index in [1.54, 1.807) is 41.7 Å². The van der Waals surface area contributed by atoms with Crippen LogP contribution >= 0.6 is 0 Å². The number of amides is 2. The quantitative estimate of drug-likeness (QED) is 0.511. The molecule has 2 aromatic rings. The van der Waals surface area contributed by atoms with Crippen LogP contribution in [0.4, 0.5) is 10.1 Å². The van der Waals surface area contributed by atoms with Crippen molar-refractivity contribution >= 4 is 29.3 Å². The molecule has 1 aromatic heterocycles. The zero-order valence-electron chi connectivity index (χ0n) is 17.6. The zero-order chi connectivity index (χ0) is 23.0. The number of carboxylic acid groups (broad SMARTS) is 1. The number of anilines is 1. The topological polar surface area (TPSA) is 118 Å². The molecule has 8 nitrogen and oxygen atoms in total. The van der Waals surface area contributed by atoms with Crippen LogP contribution in [-0.4, -0.2) is 38.8 Å². The van der Waals surface area contributed by atoms with E-state index in [0.717, 1.165) is 12.1 Å². The summed E-state index contributed by atoms with van der Waals surface area (Å²) in [7, 11) is 1.57. The summed E-state index contributed by atoms with van der Waals surface area (Å²) in [5.41, 5.74) is -0.107. The predicted octanol–water partition coefficient (Wildman–Crippen LogP) is 2.83. The number of halogens is 1. The van der Waals surface area contributed by atoms with Crippen molar-refractivity contribution in [2.24, 2.45) is 7.05 Å². The minimum absolute atomic E-state index is 0.0738. The zero-order valence-corrected chi connectivity index (χ0v) is 17.6. The number of benzene rings is 1. The van der Waals surface area contributed by atoms with Crippen LogP contribution < -0.4 is 10.6 Å². The van der Waals surface area contributed by atoms with Crippen molar-refractivity contribution in [2.45, 2.75) is 40.2 Å². The monoisotopic (exact) mass is 417 g/mol. The second-order valence-corrected chi connectivity index (χ2v) is 7.98. The van der Waals surface area contributed by atoms with E-state index in [2.05, 4.69) is 10.6 Å². The van der Waals surface area contributed by atoms with Crippen LogP contribution in [0.3, 0.4) is 0 Å². The maximum absolute atomic E-state index is 13.6. The van der Waals surface area contributed by atoms with Gasteiger partial charge in [-0.05, 0) is 58.4 Å².